The zero-order valence-electron chi connectivity index (χ0n) is 14.1. The predicted octanol–water partition coefficient (Wildman–Crippen LogP) is 3.63. The highest BCUT2D eigenvalue weighted by Gasteiger charge is 2.29. The molecular formula is C19H24N2O2. The number of hydrogen-bond acceptors (Lipinski definition) is 2. The van der Waals surface area contributed by atoms with Gasteiger partial charge in [0.15, 0.2) is 5.78 Å². The van der Waals surface area contributed by atoms with Crippen molar-refractivity contribution in [2.45, 2.75) is 58.7 Å². The predicted molar refractivity (Wildman–Crippen MR) is 91.6 cm³/mol. The summed E-state index contributed by atoms with van der Waals surface area (Å²) in [4.78, 5) is 26.7. The van der Waals surface area contributed by atoms with Crippen LogP contribution < -0.4 is 0 Å². The monoisotopic (exact) mass is 312 g/mol. The summed E-state index contributed by atoms with van der Waals surface area (Å²) in [6, 6.07) is 8.37. The van der Waals surface area contributed by atoms with Gasteiger partial charge < -0.3 is 9.47 Å². The fraction of sp³-hybridized carbons (Fsp3) is 0.474. The number of aromatic nitrogens is 1. The first-order valence-corrected chi connectivity index (χ1v) is 8.39. The molecule has 0 unspecified atom stereocenters. The molecule has 1 fully saturated rings. The molecule has 0 aliphatic carbocycles. The van der Waals surface area contributed by atoms with Gasteiger partial charge in [-0.2, -0.15) is 0 Å². The van der Waals surface area contributed by atoms with Crippen molar-refractivity contribution in [1.29, 1.82) is 0 Å². The van der Waals surface area contributed by atoms with Gasteiger partial charge in [0, 0.05) is 34.7 Å². The molecule has 3 rings (SSSR count). The highest BCUT2D eigenvalue weighted by Crippen LogP contribution is 2.25. The van der Waals surface area contributed by atoms with Gasteiger partial charge in [-0.05, 0) is 46.1 Å². The lowest BCUT2D eigenvalue weighted by Crippen LogP contribution is -2.48. The molecule has 1 saturated heterocycles. The fourth-order valence-electron chi connectivity index (χ4n) is 3.80. The van der Waals surface area contributed by atoms with Crippen LogP contribution in [0.2, 0.25) is 0 Å². The van der Waals surface area contributed by atoms with Crippen LogP contribution in [0.3, 0.4) is 0 Å². The summed E-state index contributed by atoms with van der Waals surface area (Å²) < 4.78 is 1.92. The lowest BCUT2D eigenvalue weighted by molar-refractivity contribution is -0.137. The molecule has 1 aromatic carbocycles. The number of benzene rings is 1. The molecule has 0 bridgehead atoms. The first kappa shape index (κ1) is 15.8. The molecule has 2 atom stereocenters. The number of Topliss-reactive ketones (excluding diaryl/α,β-unsaturated/α-hetero) is 1. The standard InChI is InChI=1S/C19H24N2O2/c1-13-7-6-8-14(2)21(13)19(23)12-20-11-17(15(3)22)16-9-4-5-10-18(16)20/h4-5,9-11,13-14H,6-8,12H2,1-3H3/t13-,14+. The van der Waals surface area contributed by atoms with E-state index in [9.17, 15) is 9.59 Å². The molecule has 2 aromatic rings. The Hall–Kier alpha value is -2.10. The summed E-state index contributed by atoms with van der Waals surface area (Å²) in [7, 11) is 0. The van der Waals surface area contributed by atoms with Gasteiger partial charge in [0.25, 0.3) is 0 Å². The maximum absolute atomic E-state index is 12.8. The van der Waals surface area contributed by atoms with Crippen LogP contribution in [0.5, 0.6) is 0 Å². The van der Waals surface area contributed by atoms with Gasteiger partial charge in [0.2, 0.25) is 5.91 Å². The second-order valence-corrected chi connectivity index (χ2v) is 6.67. The maximum atomic E-state index is 12.8. The summed E-state index contributed by atoms with van der Waals surface area (Å²) in [6.07, 6.45) is 5.15. The number of hydrogen-bond donors (Lipinski definition) is 0. The number of amides is 1. The van der Waals surface area contributed by atoms with Gasteiger partial charge >= 0.3 is 0 Å². The van der Waals surface area contributed by atoms with Crippen LogP contribution in [0, 0.1) is 0 Å². The van der Waals surface area contributed by atoms with Gasteiger partial charge in [0.05, 0.1) is 0 Å². The molecule has 1 aliphatic rings. The van der Waals surface area contributed by atoms with Crippen LogP contribution in [-0.4, -0.2) is 33.2 Å². The number of nitrogens with zero attached hydrogens (tertiary/aromatic N) is 2. The Morgan fingerprint density at radius 3 is 2.43 bits per heavy atom. The number of para-hydroxylation sites is 1. The molecule has 23 heavy (non-hydrogen) atoms. The SMILES string of the molecule is CC(=O)c1cn(CC(=O)N2[C@H](C)CCC[C@@H]2C)c2ccccc12. The number of likely N-dealkylation sites (tertiary alicyclic amines) is 1. The van der Waals surface area contributed by atoms with E-state index in [1.165, 1.54) is 6.42 Å². The zero-order valence-corrected chi connectivity index (χ0v) is 14.1. The molecule has 2 heterocycles. The Labute approximate surface area is 137 Å². The van der Waals surface area contributed by atoms with Crippen molar-refractivity contribution in [1.82, 2.24) is 9.47 Å². The van der Waals surface area contributed by atoms with E-state index in [4.69, 9.17) is 0 Å². The lowest BCUT2D eigenvalue weighted by atomic mass is 9.97. The molecule has 122 valence electrons. The van der Waals surface area contributed by atoms with Gasteiger partial charge in [-0.25, -0.2) is 0 Å². The molecule has 0 saturated carbocycles. The third-order valence-electron chi connectivity index (χ3n) is 4.96. The highest BCUT2D eigenvalue weighted by atomic mass is 16.2. The maximum Gasteiger partial charge on any atom is 0.242 e. The van der Waals surface area contributed by atoms with E-state index in [0.29, 0.717) is 24.2 Å². The van der Waals surface area contributed by atoms with Crippen LogP contribution in [0.15, 0.2) is 30.5 Å². The minimum atomic E-state index is 0.0344. The van der Waals surface area contributed by atoms with Crippen molar-refractivity contribution < 1.29 is 9.59 Å². The Morgan fingerprint density at radius 1 is 1.13 bits per heavy atom. The minimum Gasteiger partial charge on any atom is -0.337 e. The second-order valence-electron chi connectivity index (χ2n) is 6.67. The molecule has 4 nitrogen and oxygen atoms in total. The molecule has 0 radical (unpaired) electrons. The van der Waals surface area contributed by atoms with E-state index in [1.54, 1.807) is 6.92 Å². The Bertz CT molecular complexity index is 737. The third kappa shape index (κ3) is 2.90. The van der Waals surface area contributed by atoms with Crippen LogP contribution in [0.1, 0.15) is 50.4 Å². The summed E-state index contributed by atoms with van der Waals surface area (Å²) in [5.74, 6) is 0.174. The molecule has 4 heteroatoms. The van der Waals surface area contributed by atoms with E-state index < -0.39 is 0 Å². The van der Waals surface area contributed by atoms with E-state index in [1.807, 2.05) is 39.9 Å². The van der Waals surface area contributed by atoms with Crippen molar-refractivity contribution in [3.63, 3.8) is 0 Å². The quantitative estimate of drug-likeness (QED) is 0.812. The number of piperidine rings is 1. The average Bonchev–Trinajstić information content (AvgIpc) is 2.86. The van der Waals surface area contributed by atoms with Crippen molar-refractivity contribution in [3.05, 3.63) is 36.0 Å². The van der Waals surface area contributed by atoms with Crippen LogP contribution in [-0.2, 0) is 11.3 Å². The number of rotatable bonds is 3. The van der Waals surface area contributed by atoms with E-state index >= 15 is 0 Å². The van der Waals surface area contributed by atoms with Crippen molar-refractivity contribution in [2.24, 2.45) is 0 Å². The van der Waals surface area contributed by atoms with E-state index in [0.717, 1.165) is 23.7 Å². The number of carbonyl (C=O) groups is 2. The first-order valence-electron chi connectivity index (χ1n) is 8.39. The summed E-state index contributed by atoms with van der Waals surface area (Å²) in [5.41, 5.74) is 1.64. The summed E-state index contributed by atoms with van der Waals surface area (Å²) in [5, 5.41) is 0.924. The summed E-state index contributed by atoms with van der Waals surface area (Å²) in [6.45, 7) is 6.12. The number of carbonyl (C=O) groups excluding carboxylic acids is 2. The molecular weight excluding hydrogens is 288 g/mol. The molecule has 1 aliphatic heterocycles. The Morgan fingerprint density at radius 2 is 1.78 bits per heavy atom. The fourth-order valence-corrected chi connectivity index (χ4v) is 3.80. The lowest BCUT2D eigenvalue weighted by Gasteiger charge is -2.39. The van der Waals surface area contributed by atoms with Crippen molar-refractivity contribution in [3.8, 4) is 0 Å². The third-order valence-corrected chi connectivity index (χ3v) is 4.96. The zero-order chi connectivity index (χ0) is 16.6. The summed E-state index contributed by atoms with van der Waals surface area (Å²) >= 11 is 0. The Kier molecular flexibility index (Phi) is 4.24. The topological polar surface area (TPSA) is 42.3 Å². The first-order chi connectivity index (χ1) is 11.0. The average molecular weight is 312 g/mol. The van der Waals surface area contributed by atoms with Crippen LogP contribution in [0.4, 0.5) is 0 Å². The number of ketones is 1. The highest BCUT2D eigenvalue weighted by molar-refractivity contribution is 6.07. The van der Waals surface area contributed by atoms with Crippen LogP contribution in [0.25, 0.3) is 10.9 Å². The molecule has 1 aromatic heterocycles. The minimum absolute atomic E-state index is 0.0344. The van der Waals surface area contributed by atoms with Gasteiger partial charge in [0.1, 0.15) is 6.54 Å². The number of fused-ring (bicyclic) bond motifs is 1. The van der Waals surface area contributed by atoms with Crippen LogP contribution >= 0.6 is 0 Å². The van der Waals surface area contributed by atoms with Gasteiger partial charge in [-0.3, -0.25) is 9.59 Å². The van der Waals surface area contributed by atoms with E-state index in [2.05, 4.69) is 13.8 Å². The molecule has 0 spiro atoms. The van der Waals surface area contributed by atoms with Gasteiger partial charge in [-0.15, -0.1) is 0 Å². The second kappa shape index (κ2) is 6.19. The largest absolute Gasteiger partial charge is 0.337 e. The van der Waals surface area contributed by atoms with Gasteiger partial charge in [-0.1, -0.05) is 18.2 Å². The smallest absolute Gasteiger partial charge is 0.242 e. The Balaban J connectivity index is 1.92. The van der Waals surface area contributed by atoms with E-state index in [-0.39, 0.29) is 11.7 Å². The van der Waals surface area contributed by atoms with Crippen molar-refractivity contribution in [2.75, 3.05) is 0 Å². The van der Waals surface area contributed by atoms with Crippen molar-refractivity contribution >= 4 is 22.6 Å². The molecule has 1 amide bonds. The normalized spacial score (nSPS) is 21.6. The molecule has 0 N–H and O–H groups in total.